The fourth-order valence-corrected chi connectivity index (χ4v) is 3.70. The molecule has 1 heterocycles. The van der Waals surface area contributed by atoms with Crippen LogP contribution < -0.4 is 5.32 Å². The van der Waals surface area contributed by atoms with Crippen molar-refractivity contribution in [2.24, 2.45) is 0 Å². The largest absolute Gasteiger partial charge is 0.378 e. The van der Waals surface area contributed by atoms with E-state index in [0.29, 0.717) is 12.6 Å². The van der Waals surface area contributed by atoms with E-state index in [1.165, 1.54) is 32.1 Å². The molecule has 1 saturated carbocycles. The van der Waals surface area contributed by atoms with Gasteiger partial charge in [-0.2, -0.15) is 5.10 Å². The van der Waals surface area contributed by atoms with Gasteiger partial charge in [-0.05, 0) is 51.3 Å². The van der Waals surface area contributed by atoms with Crippen LogP contribution in [0, 0.1) is 13.8 Å². The van der Waals surface area contributed by atoms with Gasteiger partial charge >= 0.3 is 0 Å². The van der Waals surface area contributed by atoms with Gasteiger partial charge in [0.25, 0.3) is 0 Å². The third-order valence-electron chi connectivity index (χ3n) is 5.28. The van der Waals surface area contributed by atoms with Crippen molar-refractivity contribution in [3.63, 3.8) is 0 Å². The molecule has 0 spiro atoms. The molecular formula is C23H31N3O2. The van der Waals surface area contributed by atoms with Crippen LogP contribution in [0.4, 0.5) is 0 Å². The second kappa shape index (κ2) is 10.2. The minimum Gasteiger partial charge on any atom is -0.378 e. The molecule has 1 aromatic carbocycles. The zero-order valence-corrected chi connectivity index (χ0v) is 17.0. The number of benzene rings is 1. The van der Waals surface area contributed by atoms with Gasteiger partial charge in [0.05, 0.1) is 17.5 Å². The average Bonchev–Trinajstić information content (AvgIpc) is 3.01. The Balaban J connectivity index is 1.46. The Morgan fingerprint density at radius 3 is 2.71 bits per heavy atom. The van der Waals surface area contributed by atoms with Crippen LogP contribution in [0.2, 0.25) is 0 Å². The molecule has 3 rings (SSSR count). The number of amides is 1. The van der Waals surface area contributed by atoms with Gasteiger partial charge in [-0.3, -0.25) is 4.79 Å². The van der Waals surface area contributed by atoms with Crippen LogP contribution in [0.5, 0.6) is 0 Å². The highest BCUT2D eigenvalue weighted by atomic mass is 16.5. The van der Waals surface area contributed by atoms with Crippen LogP contribution in [0.25, 0.3) is 11.8 Å². The van der Waals surface area contributed by atoms with Gasteiger partial charge < -0.3 is 10.1 Å². The molecule has 2 aromatic rings. The van der Waals surface area contributed by atoms with Gasteiger partial charge in [0.15, 0.2) is 0 Å². The summed E-state index contributed by atoms with van der Waals surface area (Å²) in [7, 11) is 0. The Kier molecular flexibility index (Phi) is 7.43. The third kappa shape index (κ3) is 5.55. The maximum Gasteiger partial charge on any atom is 0.244 e. The number of carbonyl (C=O) groups is 1. The summed E-state index contributed by atoms with van der Waals surface area (Å²) < 4.78 is 7.80. The number of para-hydroxylation sites is 1. The molecule has 0 bridgehead atoms. The van der Waals surface area contributed by atoms with Gasteiger partial charge in [0, 0.05) is 30.5 Å². The van der Waals surface area contributed by atoms with Crippen molar-refractivity contribution in [3.05, 3.63) is 53.4 Å². The van der Waals surface area contributed by atoms with Crippen LogP contribution >= 0.6 is 0 Å². The van der Waals surface area contributed by atoms with Crippen molar-refractivity contribution in [2.45, 2.75) is 58.5 Å². The maximum absolute atomic E-state index is 12.1. The first-order valence-electron chi connectivity index (χ1n) is 10.3. The summed E-state index contributed by atoms with van der Waals surface area (Å²) in [6.07, 6.45) is 11.0. The van der Waals surface area contributed by atoms with E-state index in [4.69, 9.17) is 4.74 Å². The summed E-state index contributed by atoms with van der Waals surface area (Å²) in [6.45, 7) is 5.34. The lowest BCUT2D eigenvalue weighted by atomic mass is 9.98. The van der Waals surface area contributed by atoms with Crippen molar-refractivity contribution in [2.75, 3.05) is 13.2 Å². The number of aryl methyl sites for hydroxylation is 1. The van der Waals surface area contributed by atoms with Gasteiger partial charge in [0.2, 0.25) is 5.91 Å². The molecule has 1 fully saturated rings. The fraction of sp³-hybridized carbons (Fsp3) is 0.478. The minimum absolute atomic E-state index is 0.0797. The van der Waals surface area contributed by atoms with Gasteiger partial charge in [0.1, 0.15) is 0 Å². The van der Waals surface area contributed by atoms with E-state index in [1.54, 1.807) is 6.08 Å². The molecule has 0 aliphatic heterocycles. The molecule has 150 valence electrons. The van der Waals surface area contributed by atoms with Crippen molar-refractivity contribution < 1.29 is 9.53 Å². The minimum atomic E-state index is -0.0797. The number of hydrogen-bond donors (Lipinski definition) is 1. The number of rotatable bonds is 8. The number of aromatic nitrogens is 2. The highest BCUT2D eigenvalue weighted by Crippen LogP contribution is 2.20. The zero-order chi connectivity index (χ0) is 19.8. The number of ether oxygens (including phenoxy) is 1. The van der Waals surface area contributed by atoms with Crippen molar-refractivity contribution in [1.82, 2.24) is 15.1 Å². The standard InChI is InChI=1S/C23H31N3O2/c1-18-22(19(2)26(25-18)20-10-5-3-6-11-20)14-15-23(27)24-16-9-17-28-21-12-7-4-8-13-21/h3,5-6,10-11,14-15,21H,4,7-9,12-13,16-17H2,1-2H3,(H,24,27)/b15-14+. The Labute approximate surface area is 167 Å². The van der Waals surface area contributed by atoms with Crippen molar-refractivity contribution in [1.29, 1.82) is 0 Å². The summed E-state index contributed by atoms with van der Waals surface area (Å²) in [6, 6.07) is 10.0. The molecule has 1 aliphatic rings. The molecule has 28 heavy (non-hydrogen) atoms. The summed E-state index contributed by atoms with van der Waals surface area (Å²) in [4.78, 5) is 12.1. The fourth-order valence-electron chi connectivity index (χ4n) is 3.70. The Bertz CT molecular complexity index is 790. The molecule has 5 heteroatoms. The van der Waals surface area contributed by atoms with Crippen LogP contribution in [0.1, 0.15) is 55.5 Å². The second-order valence-corrected chi connectivity index (χ2v) is 7.44. The van der Waals surface area contributed by atoms with Crippen LogP contribution in [0.15, 0.2) is 36.4 Å². The van der Waals surface area contributed by atoms with Crippen LogP contribution in [0.3, 0.4) is 0 Å². The lowest BCUT2D eigenvalue weighted by Gasteiger charge is -2.21. The monoisotopic (exact) mass is 381 g/mol. The molecule has 1 aliphatic carbocycles. The molecule has 0 atom stereocenters. The smallest absolute Gasteiger partial charge is 0.244 e. The summed E-state index contributed by atoms with van der Waals surface area (Å²) in [5.74, 6) is -0.0797. The normalized spacial score (nSPS) is 15.2. The quantitative estimate of drug-likeness (QED) is 0.546. The molecule has 1 N–H and O–H groups in total. The predicted molar refractivity (Wildman–Crippen MR) is 113 cm³/mol. The first-order chi connectivity index (χ1) is 13.6. The van der Waals surface area contributed by atoms with E-state index in [9.17, 15) is 4.79 Å². The summed E-state index contributed by atoms with van der Waals surface area (Å²) in [5.41, 5.74) is 3.93. The van der Waals surface area contributed by atoms with Crippen LogP contribution in [-0.2, 0) is 9.53 Å². The SMILES string of the molecule is Cc1nn(-c2ccccc2)c(C)c1/C=C/C(=O)NCCCOC1CCCCC1. The zero-order valence-electron chi connectivity index (χ0n) is 17.0. The Hall–Kier alpha value is -2.40. The highest BCUT2D eigenvalue weighted by molar-refractivity contribution is 5.92. The maximum atomic E-state index is 12.1. The lowest BCUT2D eigenvalue weighted by molar-refractivity contribution is -0.116. The van der Waals surface area contributed by atoms with Crippen molar-refractivity contribution in [3.8, 4) is 5.69 Å². The van der Waals surface area contributed by atoms with E-state index < -0.39 is 0 Å². The van der Waals surface area contributed by atoms with Gasteiger partial charge in [-0.1, -0.05) is 37.5 Å². The molecule has 1 amide bonds. The number of nitrogens with zero attached hydrogens (tertiary/aromatic N) is 2. The second-order valence-electron chi connectivity index (χ2n) is 7.44. The van der Waals surface area contributed by atoms with E-state index in [-0.39, 0.29) is 5.91 Å². The van der Waals surface area contributed by atoms with E-state index >= 15 is 0 Å². The Morgan fingerprint density at radius 1 is 1.21 bits per heavy atom. The molecular weight excluding hydrogens is 350 g/mol. The predicted octanol–water partition coefficient (Wildman–Crippen LogP) is 4.36. The van der Waals surface area contributed by atoms with Crippen molar-refractivity contribution >= 4 is 12.0 Å². The Morgan fingerprint density at radius 2 is 1.96 bits per heavy atom. The number of hydrogen-bond acceptors (Lipinski definition) is 3. The third-order valence-corrected chi connectivity index (χ3v) is 5.28. The van der Waals surface area contributed by atoms with Gasteiger partial charge in [-0.25, -0.2) is 4.68 Å². The molecule has 0 radical (unpaired) electrons. The van der Waals surface area contributed by atoms with Gasteiger partial charge in [-0.15, -0.1) is 0 Å². The topological polar surface area (TPSA) is 56.2 Å². The van der Waals surface area contributed by atoms with Crippen LogP contribution in [-0.4, -0.2) is 34.9 Å². The summed E-state index contributed by atoms with van der Waals surface area (Å²) in [5, 5.41) is 7.54. The first-order valence-corrected chi connectivity index (χ1v) is 10.3. The summed E-state index contributed by atoms with van der Waals surface area (Å²) >= 11 is 0. The van der Waals surface area contributed by atoms with E-state index in [1.807, 2.05) is 54.9 Å². The van der Waals surface area contributed by atoms with E-state index in [0.717, 1.165) is 35.7 Å². The number of carbonyl (C=O) groups excluding carboxylic acids is 1. The molecule has 5 nitrogen and oxygen atoms in total. The van der Waals surface area contributed by atoms with E-state index in [2.05, 4.69) is 10.4 Å². The first kappa shape index (κ1) is 20.3. The lowest BCUT2D eigenvalue weighted by Crippen LogP contribution is -2.24. The molecule has 1 aromatic heterocycles. The molecule has 0 saturated heterocycles. The number of nitrogens with one attached hydrogen (secondary N) is 1. The highest BCUT2D eigenvalue weighted by Gasteiger charge is 2.13. The average molecular weight is 382 g/mol. The molecule has 0 unspecified atom stereocenters.